The fourth-order valence-corrected chi connectivity index (χ4v) is 6.44. The van der Waals surface area contributed by atoms with Crippen molar-refractivity contribution in [3.8, 4) is 5.75 Å². The van der Waals surface area contributed by atoms with E-state index in [0.717, 1.165) is 30.1 Å². The van der Waals surface area contributed by atoms with E-state index in [2.05, 4.69) is 19.1 Å². The van der Waals surface area contributed by atoms with E-state index < -0.39 is 0 Å². The number of benzene rings is 1. The second kappa shape index (κ2) is 4.24. The number of hydrogen-bond donors (Lipinski definition) is 0. The van der Waals surface area contributed by atoms with Gasteiger partial charge >= 0.3 is 5.97 Å². The second-order valence-corrected chi connectivity index (χ2v) is 7.96. The van der Waals surface area contributed by atoms with Crippen molar-refractivity contribution in [1.82, 2.24) is 0 Å². The molecule has 0 radical (unpaired) electrons. The minimum absolute atomic E-state index is 0.00695. The number of allylic oxidation sites excluding steroid dienone is 2. The molecule has 1 aromatic carbocycles. The van der Waals surface area contributed by atoms with E-state index in [1.165, 1.54) is 12.8 Å². The van der Waals surface area contributed by atoms with Gasteiger partial charge in [0.05, 0.1) is 5.92 Å². The minimum Gasteiger partial charge on any atom is -0.426 e. The number of fused-ring (bicyclic) bond motifs is 9. The SMILES string of the molecule is CC12C3C=CC(C3)C1C1CC2CC1C(=O)Oc1ccccc1. The van der Waals surface area contributed by atoms with Crippen molar-refractivity contribution >= 4 is 5.97 Å². The van der Waals surface area contributed by atoms with Gasteiger partial charge in [0.2, 0.25) is 0 Å². The Morgan fingerprint density at radius 2 is 1.95 bits per heavy atom. The lowest BCUT2D eigenvalue weighted by molar-refractivity contribution is -0.143. The van der Waals surface area contributed by atoms with Gasteiger partial charge in [0.15, 0.2) is 0 Å². The zero-order valence-corrected chi connectivity index (χ0v) is 12.9. The van der Waals surface area contributed by atoms with Crippen LogP contribution < -0.4 is 4.74 Å². The van der Waals surface area contributed by atoms with Gasteiger partial charge < -0.3 is 4.74 Å². The smallest absolute Gasteiger partial charge is 0.314 e. The molecule has 3 fully saturated rings. The van der Waals surface area contributed by atoms with Crippen molar-refractivity contribution in [2.75, 3.05) is 0 Å². The molecule has 4 bridgehead atoms. The maximum Gasteiger partial charge on any atom is 0.314 e. The molecule has 0 saturated heterocycles. The Balaban J connectivity index is 1.39. The zero-order chi connectivity index (χ0) is 14.9. The van der Waals surface area contributed by atoms with Crippen molar-refractivity contribution in [1.29, 1.82) is 0 Å². The highest BCUT2D eigenvalue weighted by Gasteiger charge is 2.68. The van der Waals surface area contributed by atoms with Crippen molar-refractivity contribution < 1.29 is 9.53 Å². The average molecular weight is 294 g/mol. The van der Waals surface area contributed by atoms with Crippen LogP contribution in [0.1, 0.15) is 26.2 Å². The number of ether oxygens (including phenoxy) is 1. The van der Waals surface area contributed by atoms with E-state index in [1.807, 2.05) is 30.3 Å². The summed E-state index contributed by atoms with van der Waals surface area (Å²) in [4.78, 5) is 12.7. The predicted molar refractivity (Wildman–Crippen MR) is 84.1 cm³/mol. The highest BCUT2D eigenvalue weighted by atomic mass is 16.5. The molecule has 7 atom stereocenters. The number of para-hydroxylation sites is 1. The molecule has 1 aromatic rings. The molecule has 2 nitrogen and oxygen atoms in total. The Labute approximate surface area is 131 Å². The first-order valence-electron chi connectivity index (χ1n) is 8.63. The van der Waals surface area contributed by atoms with Crippen LogP contribution in [0.2, 0.25) is 0 Å². The van der Waals surface area contributed by atoms with E-state index in [1.54, 1.807) is 0 Å². The van der Waals surface area contributed by atoms with Gasteiger partial charge in [-0.1, -0.05) is 37.3 Å². The minimum atomic E-state index is 0.00695. The van der Waals surface area contributed by atoms with E-state index in [0.29, 0.717) is 17.1 Å². The monoisotopic (exact) mass is 294 g/mol. The molecule has 2 heteroatoms. The van der Waals surface area contributed by atoms with Crippen molar-refractivity contribution in [3.05, 3.63) is 42.5 Å². The molecule has 0 aliphatic heterocycles. The van der Waals surface area contributed by atoms with E-state index in [9.17, 15) is 4.79 Å². The van der Waals surface area contributed by atoms with E-state index >= 15 is 0 Å². The van der Waals surface area contributed by atoms with E-state index in [4.69, 9.17) is 4.74 Å². The van der Waals surface area contributed by atoms with Crippen LogP contribution in [-0.4, -0.2) is 5.97 Å². The number of hydrogen-bond acceptors (Lipinski definition) is 2. The Hall–Kier alpha value is -1.57. The highest BCUT2D eigenvalue weighted by Crippen LogP contribution is 2.73. The third-order valence-corrected chi connectivity index (χ3v) is 7.31. The van der Waals surface area contributed by atoms with Crippen LogP contribution in [0.5, 0.6) is 5.75 Å². The summed E-state index contributed by atoms with van der Waals surface area (Å²) in [6.45, 7) is 2.50. The topological polar surface area (TPSA) is 26.3 Å². The lowest BCUT2D eigenvalue weighted by Gasteiger charge is -2.44. The van der Waals surface area contributed by atoms with Gasteiger partial charge in [-0.15, -0.1) is 0 Å². The van der Waals surface area contributed by atoms with Gasteiger partial charge in [-0.2, -0.15) is 0 Å². The van der Waals surface area contributed by atoms with Gasteiger partial charge in [0.25, 0.3) is 0 Å². The summed E-state index contributed by atoms with van der Waals surface area (Å²) < 4.78 is 5.66. The first-order valence-corrected chi connectivity index (χ1v) is 8.63. The standard InChI is InChI=1S/C20H22O2/c1-20-13-8-7-12(9-13)18(20)16-10-14(20)11-17(16)19(21)22-15-5-3-2-4-6-15/h2-8,12-14,16-18H,9-11H2,1H3. The molecule has 4 aliphatic rings. The molecular weight excluding hydrogens is 272 g/mol. The Morgan fingerprint density at radius 1 is 1.14 bits per heavy atom. The fourth-order valence-electron chi connectivity index (χ4n) is 6.44. The van der Waals surface area contributed by atoms with Gasteiger partial charge in [-0.3, -0.25) is 4.79 Å². The van der Waals surface area contributed by atoms with Crippen LogP contribution in [0.15, 0.2) is 42.5 Å². The zero-order valence-electron chi connectivity index (χ0n) is 12.9. The van der Waals surface area contributed by atoms with Gasteiger partial charge in [-0.25, -0.2) is 0 Å². The van der Waals surface area contributed by atoms with Gasteiger partial charge in [-0.05, 0) is 66.4 Å². The number of carbonyl (C=O) groups excluding carboxylic acids is 1. The lowest BCUT2D eigenvalue weighted by atomic mass is 9.60. The second-order valence-electron chi connectivity index (χ2n) is 7.96. The summed E-state index contributed by atoms with van der Waals surface area (Å²) in [5, 5.41) is 0. The molecular formula is C20H22O2. The first kappa shape index (κ1) is 12.9. The maximum atomic E-state index is 12.7. The summed E-state index contributed by atoms with van der Waals surface area (Å²) in [5.41, 5.74) is 0.466. The van der Waals surface area contributed by atoms with Crippen molar-refractivity contribution in [3.63, 3.8) is 0 Å². The van der Waals surface area contributed by atoms with Crippen LogP contribution >= 0.6 is 0 Å². The number of rotatable bonds is 2. The molecule has 114 valence electrons. The highest BCUT2D eigenvalue weighted by molar-refractivity contribution is 5.76. The summed E-state index contributed by atoms with van der Waals surface area (Å²) in [6, 6.07) is 9.52. The molecule has 3 saturated carbocycles. The molecule has 22 heavy (non-hydrogen) atoms. The quantitative estimate of drug-likeness (QED) is 0.355. The summed E-state index contributed by atoms with van der Waals surface area (Å²) >= 11 is 0. The predicted octanol–water partition coefficient (Wildman–Crippen LogP) is 4.08. The maximum absolute atomic E-state index is 12.7. The number of carbonyl (C=O) groups is 1. The van der Waals surface area contributed by atoms with Crippen molar-refractivity contribution in [2.45, 2.75) is 26.2 Å². The molecule has 0 N–H and O–H groups in total. The van der Waals surface area contributed by atoms with Crippen LogP contribution in [0.25, 0.3) is 0 Å². The molecule has 0 aromatic heterocycles. The van der Waals surface area contributed by atoms with E-state index in [-0.39, 0.29) is 11.9 Å². The molecule has 4 aliphatic carbocycles. The van der Waals surface area contributed by atoms with Crippen LogP contribution in [0.3, 0.4) is 0 Å². The summed E-state index contributed by atoms with van der Waals surface area (Å²) in [5.74, 6) is 4.28. The van der Waals surface area contributed by atoms with Crippen LogP contribution in [0.4, 0.5) is 0 Å². The van der Waals surface area contributed by atoms with Crippen LogP contribution in [-0.2, 0) is 4.79 Å². The Bertz CT molecular complexity index is 649. The first-order chi connectivity index (χ1) is 10.7. The van der Waals surface area contributed by atoms with Crippen LogP contribution in [0, 0.1) is 40.9 Å². The Morgan fingerprint density at radius 3 is 2.77 bits per heavy atom. The third kappa shape index (κ3) is 1.48. The lowest BCUT2D eigenvalue weighted by Crippen LogP contribution is -2.42. The van der Waals surface area contributed by atoms with Gasteiger partial charge in [0, 0.05) is 0 Å². The molecule has 0 spiro atoms. The molecule has 7 unspecified atom stereocenters. The largest absolute Gasteiger partial charge is 0.426 e. The third-order valence-electron chi connectivity index (χ3n) is 7.31. The Kier molecular flexibility index (Phi) is 2.49. The average Bonchev–Trinajstić information content (AvgIpc) is 3.25. The molecule has 5 rings (SSSR count). The molecule has 0 heterocycles. The normalized spacial score (nSPS) is 47.0. The van der Waals surface area contributed by atoms with Gasteiger partial charge in [0.1, 0.15) is 5.75 Å². The summed E-state index contributed by atoms with van der Waals surface area (Å²) in [6.07, 6.45) is 8.50. The molecule has 0 amide bonds. The fraction of sp³-hybridized carbons (Fsp3) is 0.550. The summed E-state index contributed by atoms with van der Waals surface area (Å²) in [7, 11) is 0. The number of esters is 1. The van der Waals surface area contributed by atoms with Crippen molar-refractivity contribution in [2.24, 2.45) is 40.9 Å².